The zero-order valence-electron chi connectivity index (χ0n) is 13.6. The van der Waals surface area contributed by atoms with Gasteiger partial charge in [0, 0.05) is 24.5 Å². The van der Waals surface area contributed by atoms with Gasteiger partial charge in [0.25, 0.3) is 0 Å². The molecule has 4 saturated carbocycles. The van der Waals surface area contributed by atoms with Gasteiger partial charge in [-0.25, -0.2) is 9.67 Å². The molecule has 1 amide bonds. The summed E-state index contributed by atoms with van der Waals surface area (Å²) in [6.45, 7) is 0. The molecule has 4 fully saturated rings. The van der Waals surface area contributed by atoms with E-state index in [1.807, 2.05) is 24.4 Å². The van der Waals surface area contributed by atoms with Crippen LogP contribution in [0.2, 0.25) is 0 Å². The molecule has 0 saturated heterocycles. The Labute approximate surface area is 141 Å². The molecule has 4 aliphatic carbocycles. The lowest BCUT2D eigenvalue weighted by molar-refractivity contribution is -0.132. The third-order valence-corrected chi connectivity index (χ3v) is 6.30. The Kier molecular flexibility index (Phi) is 3.21. The van der Waals surface area contributed by atoms with Gasteiger partial charge in [-0.05, 0) is 74.0 Å². The molecule has 5 nitrogen and oxygen atoms in total. The fourth-order valence-electron chi connectivity index (χ4n) is 5.64. The second kappa shape index (κ2) is 5.43. The first-order valence-corrected chi connectivity index (χ1v) is 9.04. The van der Waals surface area contributed by atoms with Crippen molar-refractivity contribution in [3.05, 3.63) is 36.8 Å². The van der Waals surface area contributed by atoms with Crippen LogP contribution in [0.4, 0.5) is 5.69 Å². The molecule has 0 aliphatic heterocycles. The summed E-state index contributed by atoms with van der Waals surface area (Å²) in [6, 6.07) is 5.63. The topological polar surface area (TPSA) is 59.8 Å². The zero-order chi connectivity index (χ0) is 16.1. The van der Waals surface area contributed by atoms with Gasteiger partial charge in [-0.3, -0.25) is 4.79 Å². The van der Waals surface area contributed by atoms with Crippen LogP contribution in [0.5, 0.6) is 0 Å². The summed E-state index contributed by atoms with van der Waals surface area (Å²) < 4.78 is 1.70. The normalized spacial score (nSPS) is 33.6. The van der Waals surface area contributed by atoms with E-state index >= 15 is 0 Å². The molecule has 4 aliphatic rings. The number of hydrogen-bond donors (Lipinski definition) is 1. The summed E-state index contributed by atoms with van der Waals surface area (Å²) in [5.74, 6) is 4.00. The molecule has 0 aromatic carbocycles. The van der Waals surface area contributed by atoms with Crippen LogP contribution in [-0.4, -0.2) is 20.7 Å². The maximum atomic E-state index is 13.1. The van der Waals surface area contributed by atoms with Crippen molar-refractivity contribution in [2.45, 2.75) is 32.1 Å². The molecular weight excluding hydrogens is 300 g/mol. The maximum Gasteiger partial charge on any atom is 0.228 e. The molecule has 24 heavy (non-hydrogen) atoms. The number of carbonyl (C=O) groups excluding carboxylic acids is 1. The average Bonchev–Trinajstić information content (AvgIpc) is 3.08. The van der Waals surface area contributed by atoms with Crippen molar-refractivity contribution in [2.24, 2.45) is 29.6 Å². The first-order valence-electron chi connectivity index (χ1n) is 9.04. The fourth-order valence-corrected chi connectivity index (χ4v) is 5.64. The third kappa shape index (κ3) is 2.26. The monoisotopic (exact) mass is 322 g/mol. The van der Waals surface area contributed by atoms with Crippen LogP contribution >= 0.6 is 0 Å². The van der Waals surface area contributed by atoms with Crippen molar-refractivity contribution in [2.75, 3.05) is 5.32 Å². The Balaban J connectivity index is 1.40. The highest BCUT2D eigenvalue weighted by Gasteiger charge is 2.50. The van der Waals surface area contributed by atoms with E-state index in [2.05, 4.69) is 15.4 Å². The van der Waals surface area contributed by atoms with Gasteiger partial charge in [-0.15, -0.1) is 0 Å². The molecule has 0 radical (unpaired) electrons. The van der Waals surface area contributed by atoms with Gasteiger partial charge in [-0.2, -0.15) is 5.10 Å². The highest BCUT2D eigenvalue weighted by atomic mass is 16.2. The lowest BCUT2D eigenvalue weighted by Crippen LogP contribution is -2.49. The number of hydrogen-bond acceptors (Lipinski definition) is 3. The highest BCUT2D eigenvalue weighted by molar-refractivity contribution is 5.94. The van der Waals surface area contributed by atoms with Crippen LogP contribution in [0.25, 0.3) is 5.82 Å². The van der Waals surface area contributed by atoms with Gasteiger partial charge in [0.05, 0.1) is 5.69 Å². The minimum atomic E-state index is 0.184. The molecule has 0 unspecified atom stereocenters. The summed E-state index contributed by atoms with van der Waals surface area (Å²) in [6.07, 6.45) is 11.7. The summed E-state index contributed by atoms with van der Waals surface area (Å²) in [5.41, 5.74) is 0.750. The second-order valence-corrected chi connectivity index (χ2v) is 7.77. The second-order valence-electron chi connectivity index (χ2n) is 7.77. The third-order valence-electron chi connectivity index (χ3n) is 6.30. The van der Waals surface area contributed by atoms with E-state index in [-0.39, 0.29) is 11.8 Å². The van der Waals surface area contributed by atoms with Gasteiger partial charge < -0.3 is 5.32 Å². The summed E-state index contributed by atoms with van der Waals surface area (Å²) in [5, 5.41) is 7.41. The SMILES string of the molecule is O=C(Nc1cccnc1-n1cccn1)C1C2CC3CC(C2)CC1C3. The van der Waals surface area contributed by atoms with E-state index in [0.29, 0.717) is 17.7 Å². The van der Waals surface area contributed by atoms with Crippen LogP contribution in [-0.2, 0) is 4.79 Å². The fraction of sp³-hybridized carbons (Fsp3) is 0.526. The van der Waals surface area contributed by atoms with E-state index in [1.165, 1.54) is 32.1 Å². The number of nitrogens with one attached hydrogen (secondary N) is 1. The Morgan fingerprint density at radius 3 is 2.46 bits per heavy atom. The predicted molar refractivity (Wildman–Crippen MR) is 90.5 cm³/mol. The minimum absolute atomic E-state index is 0.184. The molecule has 2 aromatic heterocycles. The molecule has 0 atom stereocenters. The number of nitrogens with zero attached hydrogens (tertiary/aromatic N) is 3. The number of amides is 1. The quantitative estimate of drug-likeness (QED) is 0.943. The van der Waals surface area contributed by atoms with E-state index < -0.39 is 0 Å². The smallest absolute Gasteiger partial charge is 0.228 e. The van der Waals surface area contributed by atoms with Crippen molar-refractivity contribution in [1.29, 1.82) is 0 Å². The highest BCUT2D eigenvalue weighted by Crippen LogP contribution is 2.56. The van der Waals surface area contributed by atoms with Gasteiger partial charge in [0.15, 0.2) is 5.82 Å². The lowest BCUT2D eigenvalue weighted by Gasteiger charge is -2.53. The number of anilines is 1. The summed E-state index contributed by atoms with van der Waals surface area (Å²) in [7, 11) is 0. The van der Waals surface area contributed by atoms with E-state index in [1.54, 1.807) is 17.1 Å². The van der Waals surface area contributed by atoms with Crippen LogP contribution < -0.4 is 5.32 Å². The van der Waals surface area contributed by atoms with Gasteiger partial charge in [0.2, 0.25) is 5.91 Å². The standard InChI is InChI=1S/C19H22N4O/c24-19(17-14-8-12-7-13(10-14)11-15(17)9-12)22-16-3-1-4-20-18(16)23-6-2-5-21-23/h1-6,12-15,17H,7-11H2,(H,22,24). The maximum absolute atomic E-state index is 13.1. The first kappa shape index (κ1) is 14.2. The molecule has 0 spiro atoms. The van der Waals surface area contributed by atoms with E-state index in [9.17, 15) is 4.79 Å². The average molecular weight is 322 g/mol. The van der Waals surface area contributed by atoms with E-state index in [0.717, 1.165) is 17.5 Å². The van der Waals surface area contributed by atoms with Crippen LogP contribution in [0.15, 0.2) is 36.8 Å². The van der Waals surface area contributed by atoms with Gasteiger partial charge >= 0.3 is 0 Å². The largest absolute Gasteiger partial charge is 0.323 e. The number of pyridine rings is 1. The van der Waals surface area contributed by atoms with Crippen LogP contribution in [0, 0.1) is 29.6 Å². The Bertz CT molecular complexity index is 726. The molecule has 124 valence electrons. The Morgan fingerprint density at radius 2 is 1.79 bits per heavy atom. The number of aromatic nitrogens is 3. The lowest BCUT2D eigenvalue weighted by atomic mass is 9.51. The number of carbonyl (C=O) groups is 1. The molecule has 2 heterocycles. The predicted octanol–water partition coefficient (Wildman–Crippen LogP) is 3.28. The molecule has 2 aromatic rings. The molecule has 5 heteroatoms. The number of rotatable bonds is 3. The van der Waals surface area contributed by atoms with Crippen LogP contribution in [0.3, 0.4) is 0 Å². The first-order chi connectivity index (χ1) is 11.8. The van der Waals surface area contributed by atoms with Crippen molar-refractivity contribution in [3.63, 3.8) is 0 Å². The van der Waals surface area contributed by atoms with Crippen molar-refractivity contribution >= 4 is 11.6 Å². The van der Waals surface area contributed by atoms with Gasteiger partial charge in [0.1, 0.15) is 0 Å². The summed E-state index contributed by atoms with van der Waals surface area (Å²) in [4.78, 5) is 17.5. The zero-order valence-corrected chi connectivity index (χ0v) is 13.6. The van der Waals surface area contributed by atoms with Crippen LogP contribution in [0.1, 0.15) is 32.1 Å². The molecule has 4 bridgehead atoms. The Hall–Kier alpha value is -2.17. The van der Waals surface area contributed by atoms with E-state index in [4.69, 9.17) is 0 Å². The minimum Gasteiger partial charge on any atom is -0.323 e. The molecule has 6 rings (SSSR count). The Morgan fingerprint density at radius 1 is 1.04 bits per heavy atom. The molecule has 1 N–H and O–H groups in total. The van der Waals surface area contributed by atoms with Crippen molar-refractivity contribution in [3.8, 4) is 5.82 Å². The van der Waals surface area contributed by atoms with Gasteiger partial charge in [-0.1, -0.05) is 0 Å². The van der Waals surface area contributed by atoms with Crippen molar-refractivity contribution < 1.29 is 4.79 Å². The van der Waals surface area contributed by atoms with Crippen molar-refractivity contribution in [1.82, 2.24) is 14.8 Å². The molecular formula is C19H22N4O. The summed E-state index contributed by atoms with van der Waals surface area (Å²) >= 11 is 0.